The Morgan fingerprint density at radius 2 is 1.81 bits per heavy atom. The average molecular weight is 501 g/mol. The predicted octanol–water partition coefficient (Wildman–Crippen LogP) is 2.69. The van der Waals surface area contributed by atoms with Crippen LogP contribution < -0.4 is 5.56 Å². The molecule has 9 nitrogen and oxygen atoms in total. The van der Waals surface area contributed by atoms with Crippen LogP contribution in [0.2, 0.25) is 0 Å². The lowest BCUT2D eigenvalue weighted by Crippen LogP contribution is -2.32. The standard InChI is InChI=1S/C24H22F3N5O4/c1-31-12-15(11-28-31)14-3-2-13(18(25)8-14)4-5-22(33)16(24(35)36)6-7-32-23(34)17-9-19(26)20(27)10-21(17)29-30-32/h2-3,8-12,16,22,33H,4-7H2,1H3,(H,35,36)/t16?,22-/m1/s1. The second kappa shape index (κ2) is 10.3. The van der Waals surface area contributed by atoms with E-state index in [9.17, 15) is 33.0 Å². The number of nitrogens with zero attached hydrogens (tertiary/aromatic N) is 5. The summed E-state index contributed by atoms with van der Waals surface area (Å²) < 4.78 is 43.9. The van der Waals surface area contributed by atoms with E-state index in [-0.39, 0.29) is 36.7 Å². The molecule has 0 saturated carbocycles. The molecule has 0 amide bonds. The largest absolute Gasteiger partial charge is 0.481 e. The SMILES string of the molecule is Cn1cc(-c2ccc(CC[C@@H](O)C(CCn3nnc4cc(F)c(F)cc4c3=O)C(=O)O)c(F)c2)cn1. The highest BCUT2D eigenvalue weighted by Gasteiger charge is 2.27. The molecule has 0 spiro atoms. The van der Waals surface area contributed by atoms with Gasteiger partial charge in [-0.2, -0.15) is 5.10 Å². The highest BCUT2D eigenvalue weighted by molar-refractivity contribution is 5.76. The van der Waals surface area contributed by atoms with Gasteiger partial charge >= 0.3 is 5.97 Å². The summed E-state index contributed by atoms with van der Waals surface area (Å²) in [6.07, 6.45) is 1.87. The Bertz CT molecular complexity index is 1490. The van der Waals surface area contributed by atoms with E-state index in [2.05, 4.69) is 15.4 Å². The number of hydrogen-bond acceptors (Lipinski definition) is 6. The number of aliphatic carboxylic acids is 1. The molecule has 4 aromatic rings. The molecule has 36 heavy (non-hydrogen) atoms. The van der Waals surface area contributed by atoms with Crippen LogP contribution in [0.25, 0.3) is 22.0 Å². The van der Waals surface area contributed by atoms with Crippen molar-refractivity contribution in [3.05, 3.63) is 76.1 Å². The van der Waals surface area contributed by atoms with Gasteiger partial charge in [-0.05, 0) is 42.5 Å². The average Bonchev–Trinajstić information content (AvgIpc) is 3.27. The molecule has 2 atom stereocenters. The summed E-state index contributed by atoms with van der Waals surface area (Å²) in [4.78, 5) is 24.3. The molecule has 0 saturated heterocycles. The van der Waals surface area contributed by atoms with Crippen LogP contribution in [0, 0.1) is 23.4 Å². The first-order valence-electron chi connectivity index (χ1n) is 11.0. The number of aliphatic hydroxyl groups is 1. The van der Waals surface area contributed by atoms with Crippen molar-refractivity contribution < 1.29 is 28.2 Å². The maximum Gasteiger partial charge on any atom is 0.309 e. The van der Waals surface area contributed by atoms with Gasteiger partial charge in [-0.25, -0.2) is 17.9 Å². The zero-order chi connectivity index (χ0) is 26.0. The van der Waals surface area contributed by atoms with Crippen LogP contribution in [0.4, 0.5) is 13.2 Å². The van der Waals surface area contributed by atoms with Gasteiger partial charge in [-0.15, -0.1) is 5.10 Å². The molecular formula is C24H22F3N5O4. The molecular weight excluding hydrogens is 479 g/mol. The summed E-state index contributed by atoms with van der Waals surface area (Å²) in [5.74, 6) is -5.47. The van der Waals surface area contributed by atoms with Crippen molar-refractivity contribution in [3.63, 3.8) is 0 Å². The molecule has 2 aromatic carbocycles. The Balaban J connectivity index is 1.42. The fourth-order valence-corrected chi connectivity index (χ4v) is 3.96. The van der Waals surface area contributed by atoms with E-state index in [1.807, 2.05) is 0 Å². The second-order valence-corrected chi connectivity index (χ2v) is 8.45. The molecule has 0 radical (unpaired) electrons. The van der Waals surface area contributed by atoms with Gasteiger partial charge in [0.15, 0.2) is 11.6 Å². The van der Waals surface area contributed by atoms with Crippen LogP contribution in [-0.4, -0.2) is 47.1 Å². The van der Waals surface area contributed by atoms with Gasteiger partial charge in [0.2, 0.25) is 0 Å². The van der Waals surface area contributed by atoms with Crippen molar-refractivity contribution in [1.29, 1.82) is 0 Å². The van der Waals surface area contributed by atoms with E-state index >= 15 is 0 Å². The van der Waals surface area contributed by atoms with Gasteiger partial charge in [0, 0.05) is 31.4 Å². The monoisotopic (exact) mass is 501 g/mol. The van der Waals surface area contributed by atoms with Gasteiger partial charge < -0.3 is 10.2 Å². The number of carboxylic acids is 1. The van der Waals surface area contributed by atoms with Crippen molar-refractivity contribution in [2.24, 2.45) is 13.0 Å². The number of halogens is 3. The lowest BCUT2D eigenvalue weighted by atomic mass is 9.93. The van der Waals surface area contributed by atoms with Crippen LogP contribution in [0.5, 0.6) is 0 Å². The van der Waals surface area contributed by atoms with Crippen molar-refractivity contribution in [1.82, 2.24) is 24.8 Å². The Morgan fingerprint density at radius 3 is 2.47 bits per heavy atom. The summed E-state index contributed by atoms with van der Waals surface area (Å²) in [6, 6.07) is 6.10. The van der Waals surface area contributed by atoms with Crippen LogP contribution in [-0.2, 0) is 24.8 Å². The molecule has 0 aliphatic heterocycles. The molecule has 0 aliphatic rings. The molecule has 0 bridgehead atoms. The van der Waals surface area contributed by atoms with E-state index < -0.39 is 41.0 Å². The minimum Gasteiger partial charge on any atom is -0.481 e. The minimum atomic E-state index is -1.34. The first-order valence-corrected chi connectivity index (χ1v) is 11.0. The summed E-state index contributed by atoms with van der Waals surface area (Å²) in [7, 11) is 1.75. The Morgan fingerprint density at radius 1 is 1.06 bits per heavy atom. The number of rotatable bonds is 9. The van der Waals surface area contributed by atoms with Crippen LogP contribution in [0.1, 0.15) is 18.4 Å². The number of carbonyl (C=O) groups is 1. The third-order valence-corrected chi connectivity index (χ3v) is 6.00. The lowest BCUT2D eigenvalue weighted by Gasteiger charge is -2.19. The molecule has 2 heterocycles. The zero-order valence-corrected chi connectivity index (χ0v) is 19.1. The minimum absolute atomic E-state index is 0.0388. The Labute approximate surface area is 202 Å². The van der Waals surface area contributed by atoms with Crippen LogP contribution in [0.3, 0.4) is 0 Å². The lowest BCUT2D eigenvalue weighted by molar-refractivity contribution is -0.146. The number of fused-ring (bicyclic) bond motifs is 1. The number of aryl methyl sites for hydroxylation is 3. The fourth-order valence-electron chi connectivity index (χ4n) is 3.96. The summed E-state index contributed by atoms with van der Waals surface area (Å²) >= 11 is 0. The summed E-state index contributed by atoms with van der Waals surface area (Å²) in [5.41, 5.74) is 0.790. The molecule has 12 heteroatoms. The quantitative estimate of drug-likeness (QED) is 0.362. The number of aliphatic hydroxyl groups excluding tert-OH is 1. The van der Waals surface area contributed by atoms with Gasteiger partial charge in [-0.3, -0.25) is 14.3 Å². The molecule has 4 rings (SSSR count). The number of hydrogen-bond donors (Lipinski definition) is 2. The van der Waals surface area contributed by atoms with Crippen molar-refractivity contribution >= 4 is 16.9 Å². The van der Waals surface area contributed by atoms with E-state index in [0.29, 0.717) is 17.2 Å². The van der Waals surface area contributed by atoms with E-state index in [1.165, 1.54) is 6.07 Å². The van der Waals surface area contributed by atoms with Crippen LogP contribution in [0.15, 0.2) is 47.5 Å². The van der Waals surface area contributed by atoms with Crippen molar-refractivity contribution in [2.45, 2.75) is 31.9 Å². The summed E-state index contributed by atoms with van der Waals surface area (Å²) in [6.45, 7) is -0.233. The van der Waals surface area contributed by atoms with E-state index in [0.717, 1.165) is 16.3 Å². The van der Waals surface area contributed by atoms with Gasteiger partial charge in [-0.1, -0.05) is 17.3 Å². The van der Waals surface area contributed by atoms with Gasteiger partial charge in [0.1, 0.15) is 11.3 Å². The van der Waals surface area contributed by atoms with E-state index in [4.69, 9.17) is 0 Å². The number of aromatic nitrogens is 5. The Hall–Kier alpha value is -4.06. The van der Waals surface area contributed by atoms with Gasteiger partial charge in [0.05, 0.1) is 23.6 Å². The smallest absolute Gasteiger partial charge is 0.309 e. The van der Waals surface area contributed by atoms with Crippen molar-refractivity contribution in [3.8, 4) is 11.1 Å². The molecule has 1 unspecified atom stereocenters. The molecule has 2 N–H and O–H groups in total. The molecule has 2 aromatic heterocycles. The molecule has 0 aliphatic carbocycles. The highest BCUT2D eigenvalue weighted by Crippen LogP contribution is 2.23. The topological polar surface area (TPSA) is 123 Å². The third kappa shape index (κ3) is 5.28. The summed E-state index contributed by atoms with van der Waals surface area (Å²) in [5, 5.41) is 31.3. The first-order chi connectivity index (χ1) is 17.1. The number of carboxylic acid groups (broad SMARTS) is 1. The third-order valence-electron chi connectivity index (χ3n) is 6.00. The zero-order valence-electron chi connectivity index (χ0n) is 19.1. The maximum absolute atomic E-state index is 14.6. The second-order valence-electron chi connectivity index (χ2n) is 8.45. The van der Waals surface area contributed by atoms with Crippen LogP contribution >= 0.6 is 0 Å². The molecule has 188 valence electrons. The van der Waals surface area contributed by atoms with E-state index in [1.54, 1.807) is 36.3 Å². The molecule has 0 fully saturated rings. The fraction of sp³-hybridized carbons (Fsp3) is 0.292. The predicted molar refractivity (Wildman–Crippen MR) is 122 cm³/mol. The maximum atomic E-state index is 14.6. The normalized spacial score (nSPS) is 13.1. The van der Waals surface area contributed by atoms with Gasteiger partial charge in [0.25, 0.3) is 5.56 Å². The Kier molecular flexibility index (Phi) is 7.15. The highest BCUT2D eigenvalue weighted by atomic mass is 19.2. The van der Waals surface area contributed by atoms with Crippen molar-refractivity contribution in [2.75, 3.05) is 0 Å². The number of benzene rings is 2. The first kappa shape index (κ1) is 25.0.